The molecule has 3 aromatic carbocycles. The van der Waals surface area contributed by atoms with Crippen LogP contribution in [0.2, 0.25) is 0 Å². The fourth-order valence-corrected chi connectivity index (χ4v) is 3.64. The van der Waals surface area contributed by atoms with Gasteiger partial charge in [-0.05, 0) is 19.1 Å². The maximum absolute atomic E-state index is 13.5. The van der Waals surface area contributed by atoms with Crippen molar-refractivity contribution in [2.24, 2.45) is 0 Å². The maximum Gasteiger partial charge on any atom is 0.211 e. The summed E-state index contributed by atoms with van der Waals surface area (Å²) in [5, 5.41) is 0. The number of ketones is 3. The number of carbonyl (C=O) groups excluding carboxylic acids is 3. The predicted molar refractivity (Wildman–Crippen MR) is 112 cm³/mol. The maximum atomic E-state index is 13.5. The van der Waals surface area contributed by atoms with E-state index in [1.807, 2.05) is 37.3 Å². The zero-order valence-electron chi connectivity index (χ0n) is 16.0. The minimum absolute atomic E-state index is 0.0781. The van der Waals surface area contributed by atoms with Gasteiger partial charge in [0, 0.05) is 28.9 Å². The lowest BCUT2D eigenvalue weighted by Crippen LogP contribution is -2.36. The molecule has 0 atom stereocenters. The Kier molecular flexibility index (Phi) is 4.92. The third-order valence-electron chi connectivity index (χ3n) is 5.01. The first kappa shape index (κ1) is 18.6. The number of hydrogen-bond donors (Lipinski definition) is 0. The molecule has 0 aromatic heterocycles. The van der Waals surface area contributed by atoms with Gasteiger partial charge in [0.1, 0.15) is 5.70 Å². The van der Waals surface area contributed by atoms with Crippen molar-refractivity contribution in [1.82, 2.24) is 0 Å². The quantitative estimate of drug-likeness (QED) is 0.474. The molecule has 0 spiro atoms. The van der Waals surface area contributed by atoms with Crippen LogP contribution in [0.5, 0.6) is 0 Å². The number of likely N-dealkylation sites (N-methyl/N-ethyl adjacent to an activating group) is 1. The van der Waals surface area contributed by atoms with Gasteiger partial charge in [0.05, 0.1) is 5.57 Å². The smallest absolute Gasteiger partial charge is 0.211 e. The molecule has 0 amide bonds. The molecule has 4 heteroatoms. The van der Waals surface area contributed by atoms with Gasteiger partial charge < -0.3 is 4.90 Å². The monoisotopic (exact) mass is 381 g/mol. The number of hydrogen-bond acceptors (Lipinski definition) is 4. The standard InChI is InChI=1S/C25H19NO3/c1-2-26(18-13-7-4-8-14-18)22-21(23(27)17-11-5-3-6-12-17)24(28)19-15-9-10-16-20(19)25(22)29/h3-16H,2H2,1H3. The third kappa shape index (κ3) is 3.19. The Morgan fingerprint density at radius 3 is 1.83 bits per heavy atom. The van der Waals surface area contributed by atoms with Gasteiger partial charge in [0.2, 0.25) is 5.78 Å². The first-order chi connectivity index (χ1) is 14.1. The number of Topliss-reactive ketones (excluding diaryl/α,β-unsaturated/α-hetero) is 3. The van der Waals surface area contributed by atoms with E-state index >= 15 is 0 Å². The van der Waals surface area contributed by atoms with Crippen molar-refractivity contribution in [3.8, 4) is 0 Å². The molecule has 0 fully saturated rings. The van der Waals surface area contributed by atoms with Crippen molar-refractivity contribution in [2.45, 2.75) is 6.92 Å². The Morgan fingerprint density at radius 2 is 1.24 bits per heavy atom. The van der Waals surface area contributed by atoms with Gasteiger partial charge in [-0.2, -0.15) is 0 Å². The van der Waals surface area contributed by atoms with Crippen LogP contribution >= 0.6 is 0 Å². The number of anilines is 1. The number of rotatable bonds is 5. The summed E-state index contributed by atoms with van der Waals surface area (Å²) in [6.45, 7) is 2.33. The first-order valence-electron chi connectivity index (χ1n) is 9.48. The van der Waals surface area contributed by atoms with Crippen molar-refractivity contribution in [2.75, 3.05) is 11.4 Å². The Labute approximate surface area is 169 Å². The molecule has 0 saturated heterocycles. The van der Waals surface area contributed by atoms with E-state index in [9.17, 15) is 14.4 Å². The lowest BCUT2D eigenvalue weighted by Gasteiger charge is -2.30. The highest BCUT2D eigenvalue weighted by Crippen LogP contribution is 2.33. The Morgan fingerprint density at radius 1 is 0.724 bits per heavy atom. The zero-order chi connectivity index (χ0) is 20.4. The summed E-state index contributed by atoms with van der Waals surface area (Å²) in [6, 6.07) is 24.6. The average Bonchev–Trinajstić information content (AvgIpc) is 2.78. The highest BCUT2D eigenvalue weighted by molar-refractivity contribution is 6.39. The fraction of sp³-hybridized carbons (Fsp3) is 0.0800. The molecule has 0 saturated carbocycles. The summed E-state index contributed by atoms with van der Waals surface area (Å²) in [5.74, 6) is -1.17. The van der Waals surface area contributed by atoms with Crippen LogP contribution in [-0.2, 0) is 0 Å². The van der Waals surface area contributed by atoms with Crippen LogP contribution in [0, 0.1) is 0 Å². The summed E-state index contributed by atoms with van der Waals surface area (Å²) < 4.78 is 0. The summed E-state index contributed by atoms with van der Waals surface area (Å²) in [5.41, 5.74) is 1.78. The summed E-state index contributed by atoms with van der Waals surface area (Å²) in [7, 11) is 0. The van der Waals surface area contributed by atoms with Crippen molar-refractivity contribution in [3.05, 3.63) is 113 Å². The molecule has 1 aliphatic carbocycles. The van der Waals surface area contributed by atoms with Crippen LogP contribution in [0.1, 0.15) is 38.0 Å². The van der Waals surface area contributed by atoms with Gasteiger partial charge in [-0.3, -0.25) is 14.4 Å². The number of benzene rings is 3. The van der Waals surface area contributed by atoms with Crippen molar-refractivity contribution in [1.29, 1.82) is 0 Å². The van der Waals surface area contributed by atoms with Crippen LogP contribution in [0.15, 0.2) is 96.2 Å². The normalized spacial score (nSPS) is 13.3. The average molecular weight is 381 g/mol. The van der Waals surface area contributed by atoms with Gasteiger partial charge in [-0.25, -0.2) is 0 Å². The highest BCUT2D eigenvalue weighted by Gasteiger charge is 2.38. The molecule has 1 aliphatic rings. The lowest BCUT2D eigenvalue weighted by atomic mass is 9.83. The number of nitrogens with zero attached hydrogens (tertiary/aromatic N) is 1. The van der Waals surface area contributed by atoms with E-state index in [0.29, 0.717) is 17.7 Å². The summed E-state index contributed by atoms with van der Waals surface area (Å²) in [4.78, 5) is 42.0. The van der Waals surface area contributed by atoms with E-state index < -0.39 is 11.6 Å². The van der Waals surface area contributed by atoms with Crippen molar-refractivity contribution in [3.63, 3.8) is 0 Å². The molecular weight excluding hydrogens is 362 g/mol. The fourth-order valence-electron chi connectivity index (χ4n) is 3.64. The topological polar surface area (TPSA) is 54.5 Å². The van der Waals surface area contributed by atoms with Gasteiger partial charge >= 0.3 is 0 Å². The molecule has 4 rings (SSSR count). The van der Waals surface area contributed by atoms with E-state index in [-0.39, 0.29) is 22.6 Å². The predicted octanol–water partition coefficient (Wildman–Crippen LogP) is 4.73. The minimum atomic E-state index is -0.442. The van der Waals surface area contributed by atoms with Crippen LogP contribution in [0.25, 0.3) is 0 Å². The molecule has 4 nitrogen and oxygen atoms in total. The summed E-state index contributed by atoms with van der Waals surface area (Å²) in [6.07, 6.45) is 0. The van der Waals surface area contributed by atoms with E-state index in [1.54, 1.807) is 59.5 Å². The van der Waals surface area contributed by atoms with E-state index in [1.165, 1.54) is 0 Å². The molecular formula is C25H19NO3. The van der Waals surface area contributed by atoms with Gasteiger partial charge in [-0.15, -0.1) is 0 Å². The number of fused-ring (bicyclic) bond motifs is 1. The second-order valence-corrected chi connectivity index (χ2v) is 6.70. The molecule has 29 heavy (non-hydrogen) atoms. The number of allylic oxidation sites excluding steroid dienone is 2. The number of para-hydroxylation sites is 1. The molecule has 0 radical (unpaired) electrons. The van der Waals surface area contributed by atoms with E-state index in [2.05, 4.69) is 0 Å². The Bertz CT molecular complexity index is 1130. The molecule has 0 N–H and O–H groups in total. The van der Waals surface area contributed by atoms with E-state index in [4.69, 9.17) is 0 Å². The number of carbonyl (C=O) groups is 3. The molecule has 3 aromatic rings. The van der Waals surface area contributed by atoms with Gasteiger partial charge in [-0.1, -0.05) is 72.8 Å². The minimum Gasteiger partial charge on any atom is -0.338 e. The highest BCUT2D eigenvalue weighted by atomic mass is 16.2. The van der Waals surface area contributed by atoms with Gasteiger partial charge in [0.25, 0.3) is 0 Å². The first-order valence-corrected chi connectivity index (χ1v) is 9.48. The molecule has 0 unspecified atom stereocenters. The lowest BCUT2D eigenvalue weighted by molar-refractivity contribution is 0.0925. The SMILES string of the molecule is CCN(C1=C(C(=O)c2ccccc2)C(=O)c2ccccc2C1=O)c1ccccc1. The second kappa shape index (κ2) is 7.68. The third-order valence-corrected chi connectivity index (χ3v) is 5.01. The van der Waals surface area contributed by atoms with E-state index in [0.717, 1.165) is 5.69 Å². The summed E-state index contributed by atoms with van der Waals surface area (Å²) >= 11 is 0. The van der Waals surface area contributed by atoms with Crippen molar-refractivity contribution >= 4 is 23.0 Å². The Balaban J connectivity index is 1.98. The molecule has 142 valence electrons. The molecule has 0 bridgehead atoms. The second-order valence-electron chi connectivity index (χ2n) is 6.70. The zero-order valence-corrected chi connectivity index (χ0v) is 16.0. The molecule has 0 heterocycles. The van der Waals surface area contributed by atoms with Crippen LogP contribution in [-0.4, -0.2) is 23.9 Å². The van der Waals surface area contributed by atoms with Crippen molar-refractivity contribution < 1.29 is 14.4 Å². The van der Waals surface area contributed by atoms with Crippen LogP contribution in [0.3, 0.4) is 0 Å². The van der Waals surface area contributed by atoms with Gasteiger partial charge in [0.15, 0.2) is 11.6 Å². The molecule has 0 aliphatic heterocycles. The van der Waals surface area contributed by atoms with Crippen LogP contribution in [0.4, 0.5) is 5.69 Å². The largest absolute Gasteiger partial charge is 0.338 e. The van der Waals surface area contributed by atoms with Crippen LogP contribution < -0.4 is 4.90 Å². The Hall–Kier alpha value is -3.79.